The molecule has 1 fully saturated rings. The zero-order chi connectivity index (χ0) is 15.9. The van der Waals surface area contributed by atoms with Crippen molar-refractivity contribution in [2.75, 3.05) is 6.54 Å². The topological polar surface area (TPSA) is 74.7 Å². The van der Waals surface area contributed by atoms with E-state index in [2.05, 4.69) is 12.8 Å². The first-order valence-corrected chi connectivity index (χ1v) is 7.72. The van der Waals surface area contributed by atoms with Crippen LogP contribution in [0.4, 0.5) is 0 Å². The number of ketones is 2. The Labute approximate surface area is 133 Å². The van der Waals surface area contributed by atoms with E-state index in [0.29, 0.717) is 24.9 Å². The van der Waals surface area contributed by atoms with Gasteiger partial charge in [0.25, 0.3) is 0 Å². The second kappa shape index (κ2) is 5.85. The van der Waals surface area contributed by atoms with Gasteiger partial charge in [0.15, 0.2) is 5.78 Å². The lowest BCUT2D eigenvalue weighted by Crippen LogP contribution is -2.38. The number of nitrogens with zero attached hydrogens (tertiary/aromatic N) is 1. The molecule has 1 heterocycles. The van der Waals surface area contributed by atoms with Crippen molar-refractivity contribution in [2.45, 2.75) is 25.3 Å². The first-order chi connectivity index (χ1) is 10.5. The van der Waals surface area contributed by atoms with Crippen LogP contribution in [-0.4, -0.2) is 39.5 Å². The summed E-state index contributed by atoms with van der Waals surface area (Å²) in [6.07, 6.45) is 1.16. The highest BCUT2D eigenvalue weighted by Gasteiger charge is 2.43. The van der Waals surface area contributed by atoms with E-state index in [4.69, 9.17) is 0 Å². The summed E-state index contributed by atoms with van der Waals surface area (Å²) in [4.78, 5) is 36.1. The van der Waals surface area contributed by atoms with Gasteiger partial charge < -0.3 is 5.11 Å². The molecule has 1 aliphatic carbocycles. The normalized spacial score (nSPS) is 27.9. The summed E-state index contributed by atoms with van der Waals surface area (Å²) in [7, 11) is 0. The molecule has 0 amide bonds. The summed E-state index contributed by atoms with van der Waals surface area (Å²) in [6, 6.07) is 6.49. The fraction of sp³-hybridized carbons (Fsp3) is 0.438. The molecule has 1 aromatic rings. The second-order valence-corrected chi connectivity index (χ2v) is 6.45. The number of carboxylic acid groups (broad SMARTS) is 1. The Morgan fingerprint density at radius 2 is 2.05 bits per heavy atom. The highest BCUT2D eigenvalue weighted by molar-refractivity contribution is 7.77. The summed E-state index contributed by atoms with van der Waals surface area (Å²) in [5, 5.41) is 9.25. The minimum Gasteiger partial charge on any atom is -0.480 e. The fourth-order valence-corrected chi connectivity index (χ4v) is 3.86. The van der Waals surface area contributed by atoms with Gasteiger partial charge in [-0.2, -0.15) is 0 Å². The van der Waals surface area contributed by atoms with Crippen molar-refractivity contribution in [2.24, 2.45) is 11.8 Å². The second-order valence-electron chi connectivity index (χ2n) is 5.93. The van der Waals surface area contributed by atoms with Crippen LogP contribution in [0, 0.1) is 11.8 Å². The van der Waals surface area contributed by atoms with Crippen LogP contribution in [0.5, 0.6) is 0 Å². The van der Waals surface area contributed by atoms with Crippen molar-refractivity contribution in [3.05, 3.63) is 35.4 Å². The van der Waals surface area contributed by atoms with Crippen LogP contribution in [-0.2, 0) is 16.0 Å². The van der Waals surface area contributed by atoms with E-state index in [9.17, 15) is 19.5 Å². The largest absolute Gasteiger partial charge is 0.480 e. The fourth-order valence-electron chi connectivity index (χ4n) is 3.49. The van der Waals surface area contributed by atoms with Gasteiger partial charge >= 0.3 is 5.97 Å². The van der Waals surface area contributed by atoms with Crippen molar-refractivity contribution in [3.8, 4) is 0 Å². The van der Waals surface area contributed by atoms with Gasteiger partial charge in [0.2, 0.25) is 0 Å². The van der Waals surface area contributed by atoms with Gasteiger partial charge in [-0.15, -0.1) is 0 Å². The third kappa shape index (κ3) is 2.57. The maximum Gasteiger partial charge on any atom is 0.322 e. The minimum absolute atomic E-state index is 0.00319. The van der Waals surface area contributed by atoms with E-state index >= 15 is 0 Å². The van der Waals surface area contributed by atoms with Gasteiger partial charge in [-0.25, -0.2) is 4.31 Å². The molecule has 1 aromatic carbocycles. The average Bonchev–Trinajstić information content (AvgIpc) is 3.01. The molecule has 2 aliphatic rings. The number of carbonyl (C=O) groups is 3. The Hall–Kier alpha value is -1.66. The summed E-state index contributed by atoms with van der Waals surface area (Å²) in [5.41, 5.74) is 1.67. The first kappa shape index (κ1) is 15.2. The predicted octanol–water partition coefficient (Wildman–Crippen LogP) is 1.62. The number of Topliss-reactive ketones (excluding diaryl/α,β-unsaturated/α-hetero) is 2. The number of carbonyl (C=O) groups excluding carboxylic acids is 2. The molecule has 2 unspecified atom stereocenters. The molecule has 1 aliphatic heterocycles. The highest BCUT2D eigenvalue weighted by Crippen LogP contribution is 2.33. The summed E-state index contributed by atoms with van der Waals surface area (Å²) >= 11 is 4.12. The number of benzene rings is 1. The number of aliphatic carboxylic acids is 1. The third-order valence-corrected chi connectivity index (χ3v) is 5.05. The maximum absolute atomic E-state index is 12.5. The Morgan fingerprint density at radius 1 is 1.32 bits per heavy atom. The van der Waals surface area contributed by atoms with E-state index in [0.717, 1.165) is 5.56 Å². The van der Waals surface area contributed by atoms with Gasteiger partial charge in [0, 0.05) is 30.4 Å². The molecule has 1 N–H and O–H groups in total. The SMILES string of the molecule is O=C1c2ccccc2CC1CC(=O)C1CCN(S)[C@@H]1C(=O)O. The van der Waals surface area contributed by atoms with Crippen molar-refractivity contribution < 1.29 is 19.5 Å². The van der Waals surface area contributed by atoms with Crippen molar-refractivity contribution >= 4 is 30.4 Å². The van der Waals surface area contributed by atoms with E-state index in [1.54, 1.807) is 6.07 Å². The Kier molecular flexibility index (Phi) is 4.06. The van der Waals surface area contributed by atoms with E-state index < -0.39 is 17.9 Å². The lowest BCUT2D eigenvalue weighted by atomic mass is 9.88. The van der Waals surface area contributed by atoms with Crippen LogP contribution in [0.3, 0.4) is 0 Å². The quantitative estimate of drug-likeness (QED) is 0.825. The van der Waals surface area contributed by atoms with E-state index in [1.165, 1.54) is 4.31 Å². The van der Waals surface area contributed by atoms with Gasteiger partial charge in [-0.3, -0.25) is 14.4 Å². The predicted molar refractivity (Wildman–Crippen MR) is 82.8 cm³/mol. The van der Waals surface area contributed by atoms with Gasteiger partial charge in [0.1, 0.15) is 11.8 Å². The van der Waals surface area contributed by atoms with Crippen LogP contribution in [0.25, 0.3) is 0 Å². The Morgan fingerprint density at radius 3 is 2.73 bits per heavy atom. The van der Waals surface area contributed by atoms with Gasteiger partial charge in [0.05, 0.1) is 0 Å². The lowest BCUT2D eigenvalue weighted by molar-refractivity contribution is -0.144. The molecule has 0 saturated carbocycles. The number of hydrogen-bond donors (Lipinski definition) is 2. The molecule has 0 bridgehead atoms. The molecule has 0 spiro atoms. The minimum atomic E-state index is -1.04. The summed E-state index contributed by atoms with van der Waals surface area (Å²) in [5.74, 6) is -2.11. The van der Waals surface area contributed by atoms with E-state index in [1.807, 2.05) is 18.2 Å². The summed E-state index contributed by atoms with van der Waals surface area (Å²) < 4.78 is 1.40. The Balaban J connectivity index is 1.71. The molecule has 6 heteroatoms. The van der Waals surface area contributed by atoms with Gasteiger partial charge in [-0.05, 0) is 18.4 Å². The zero-order valence-electron chi connectivity index (χ0n) is 11.9. The van der Waals surface area contributed by atoms with Crippen LogP contribution in [0.1, 0.15) is 28.8 Å². The standard InChI is InChI=1S/C16H17NO4S/c18-13(12-5-6-17(22)14(12)16(20)21)8-10-7-9-3-1-2-4-11(9)15(10)19/h1-4,10,12,14,22H,5-8H2,(H,20,21)/t10?,12?,14-/m0/s1. The smallest absolute Gasteiger partial charge is 0.322 e. The van der Waals surface area contributed by atoms with Gasteiger partial charge in [-0.1, -0.05) is 37.1 Å². The zero-order valence-corrected chi connectivity index (χ0v) is 12.8. The molecule has 0 aromatic heterocycles. The Bertz CT molecular complexity index is 645. The summed E-state index contributed by atoms with van der Waals surface area (Å²) in [6.45, 7) is 0.468. The molecule has 3 rings (SSSR count). The van der Waals surface area contributed by atoms with Crippen LogP contribution < -0.4 is 0 Å². The number of hydrogen-bond acceptors (Lipinski definition) is 5. The van der Waals surface area contributed by atoms with E-state index in [-0.39, 0.29) is 23.9 Å². The molecule has 1 saturated heterocycles. The molecule has 3 atom stereocenters. The highest BCUT2D eigenvalue weighted by atomic mass is 32.1. The lowest BCUT2D eigenvalue weighted by Gasteiger charge is -2.19. The van der Waals surface area contributed by atoms with Crippen molar-refractivity contribution in [3.63, 3.8) is 0 Å². The number of thiol groups is 1. The molecular weight excluding hydrogens is 302 g/mol. The maximum atomic E-state index is 12.5. The van der Waals surface area contributed by atoms with Crippen LogP contribution in [0.15, 0.2) is 24.3 Å². The average molecular weight is 319 g/mol. The molecule has 0 radical (unpaired) electrons. The third-order valence-electron chi connectivity index (χ3n) is 4.61. The molecule has 22 heavy (non-hydrogen) atoms. The monoisotopic (exact) mass is 319 g/mol. The molecular formula is C16H17NO4S. The first-order valence-electron chi connectivity index (χ1n) is 7.32. The van der Waals surface area contributed by atoms with Crippen molar-refractivity contribution in [1.82, 2.24) is 4.31 Å². The number of fused-ring (bicyclic) bond motifs is 1. The number of rotatable bonds is 4. The molecule has 116 valence electrons. The molecule has 5 nitrogen and oxygen atoms in total. The van der Waals surface area contributed by atoms with Crippen LogP contribution >= 0.6 is 12.8 Å². The van der Waals surface area contributed by atoms with Crippen molar-refractivity contribution in [1.29, 1.82) is 0 Å². The number of carboxylic acids is 1. The van der Waals surface area contributed by atoms with Crippen LogP contribution in [0.2, 0.25) is 0 Å².